The molecule has 0 fully saturated rings. The highest BCUT2D eigenvalue weighted by atomic mass is 15.4. The average Bonchev–Trinajstić information content (AvgIpc) is 2.59. The topological polar surface area (TPSA) is 23.8 Å². The van der Waals surface area contributed by atoms with Gasteiger partial charge < -0.3 is 0 Å². The number of para-hydroxylation sites is 3. The van der Waals surface area contributed by atoms with Gasteiger partial charge in [0.05, 0.1) is 0 Å². The van der Waals surface area contributed by atoms with Gasteiger partial charge in [0, 0.05) is 36.4 Å². The predicted octanol–water partition coefficient (Wildman–Crippen LogP) is 5.14. The molecule has 0 aliphatic rings. The molecule has 2 nitrogen and oxygen atoms in total. The molecule has 0 saturated heterocycles. The summed E-state index contributed by atoms with van der Waals surface area (Å²) in [6.07, 6.45) is 2.50. The first-order valence-electron chi connectivity index (χ1n) is 6.85. The van der Waals surface area contributed by atoms with Crippen molar-refractivity contribution in [2.24, 2.45) is 0 Å². The summed E-state index contributed by atoms with van der Waals surface area (Å²) in [5.74, 6) is 0. The monoisotopic (exact) mass is 271 g/mol. The second-order valence-corrected chi connectivity index (χ2v) is 4.78. The maximum absolute atomic E-state index is 10.1. The molecule has 2 heteroatoms. The number of rotatable bonds is 3. The van der Waals surface area contributed by atoms with Gasteiger partial charge in [-0.05, 0) is 0 Å². The van der Waals surface area contributed by atoms with Gasteiger partial charge in [-0.1, -0.05) is 54.6 Å². The van der Waals surface area contributed by atoms with Crippen LogP contribution in [0.5, 0.6) is 0 Å². The zero-order valence-electron chi connectivity index (χ0n) is 11.6. The first kappa shape index (κ1) is 13.1. The van der Waals surface area contributed by atoms with E-state index in [1.807, 2.05) is 91.0 Å². The van der Waals surface area contributed by atoms with Crippen LogP contribution in [0.15, 0.2) is 91.0 Å². The van der Waals surface area contributed by atoms with Crippen LogP contribution in [0.25, 0.3) is 0 Å². The lowest BCUT2D eigenvalue weighted by Crippen LogP contribution is -2.32. The van der Waals surface area contributed by atoms with Gasteiger partial charge in [-0.2, -0.15) is 0 Å². The Hall–Kier alpha value is -2.89. The molecule has 21 heavy (non-hydrogen) atoms. The van der Waals surface area contributed by atoms with Gasteiger partial charge in [0.25, 0.3) is 0 Å². The second kappa shape index (κ2) is 5.62. The maximum Gasteiger partial charge on any atom is 0.325 e. The smallest absolute Gasteiger partial charge is 0.128 e. The Labute approximate surface area is 124 Å². The van der Waals surface area contributed by atoms with Crippen LogP contribution < -0.4 is 4.48 Å². The van der Waals surface area contributed by atoms with Crippen LogP contribution in [0.4, 0.5) is 17.1 Å². The van der Waals surface area contributed by atoms with Gasteiger partial charge in [0.15, 0.2) is 17.1 Å². The molecular formula is C19H15N2+. The standard InChI is InChI=1S/C19H15N2/c20-16-21(17-10-4-1-5-11-17,18-12-6-2-7-13-18)19-14-8-3-9-15-19/h1-15H/q+1. The Bertz CT molecular complexity index is 647. The molecule has 3 rings (SSSR count). The fourth-order valence-electron chi connectivity index (χ4n) is 2.58. The molecular weight excluding hydrogens is 256 g/mol. The van der Waals surface area contributed by atoms with Crippen molar-refractivity contribution in [3.63, 3.8) is 0 Å². The molecule has 0 N–H and O–H groups in total. The predicted molar refractivity (Wildman–Crippen MR) is 86.1 cm³/mol. The minimum Gasteiger partial charge on any atom is -0.128 e. The van der Waals surface area contributed by atoms with E-state index in [9.17, 15) is 5.26 Å². The van der Waals surface area contributed by atoms with Crippen molar-refractivity contribution < 1.29 is 0 Å². The largest absolute Gasteiger partial charge is 0.325 e. The van der Waals surface area contributed by atoms with E-state index in [2.05, 4.69) is 6.19 Å². The summed E-state index contributed by atoms with van der Waals surface area (Å²) in [6.45, 7) is 0. The quantitative estimate of drug-likeness (QED) is 0.478. The van der Waals surface area contributed by atoms with E-state index in [4.69, 9.17) is 0 Å². The molecule has 0 spiro atoms. The molecule has 0 aliphatic carbocycles. The highest BCUT2D eigenvalue weighted by Crippen LogP contribution is 2.42. The number of quaternary nitrogens is 1. The first-order valence-corrected chi connectivity index (χ1v) is 6.85. The van der Waals surface area contributed by atoms with Gasteiger partial charge in [-0.15, -0.1) is 9.74 Å². The molecule has 0 bridgehead atoms. The second-order valence-electron chi connectivity index (χ2n) is 4.78. The number of hydrogen-bond acceptors (Lipinski definition) is 1. The molecule has 100 valence electrons. The van der Waals surface area contributed by atoms with Crippen LogP contribution in [0.3, 0.4) is 0 Å². The number of hydrogen-bond donors (Lipinski definition) is 0. The SMILES string of the molecule is N#C[N+](c1ccccc1)(c1ccccc1)c1ccccc1. The lowest BCUT2D eigenvalue weighted by molar-refractivity contribution is 0.709. The zero-order chi connectivity index (χ0) is 14.5. The fraction of sp³-hybridized carbons (Fsp3) is 0. The van der Waals surface area contributed by atoms with Crippen LogP contribution in [0, 0.1) is 11.5 Å². The Morgan fingerprint density at radius 1 is 0.524 bits per heavy atom. The molecule has 0 amide bonds. The summed E-state index contributed by atoms with van der Waals surface area (Å²) in [7, 11) is 0. The molecule has 3 aromatic rings. The summed E-state index contributed by atoms with van der Waals surface area (Å²) in [6, 6.07) is 29.6. The number of nitrogens with zero attached hydrogens (tertiary/aromatic N) is 2. The van der Waals surface area contributed by atoms with Crippen molar-refractivity contribution >= 4 is 17.1 Å². The van der Waals surface area contributed by atoms with E-state index in [0.29, 0.717) is 0 Å². The van der Waals surface area contributed by atoms with Crippen molar-refractivity contribution in [2.45, 2.75) is 0 Å². The third-order valence-electron chi connectivity index (χ3n) is 3.58. The fourth-order valence-corrected chi connectivity index (χ4v) is 2.58. The van der Waals surface area contributed by atoms with E-state index in [1.165, 1.54) is 0 Å². The average molecular weight is 271 g/mol. The third kappa shape index (κ3) is 2.20. The molecule has 0 heterocycles. The summed E-state index contributed by atoms with van der Waals surface area (Å²) >= 11 is 0. The highest BCUT2D eigenvalue weighted by molar-refractivity contribution is 5.73. The van der Waals surface area contributed by atoms with Crippen molar-refractivity contribution in [3.8, 4) is 6.19 Å². The van der Waals surface area contributed by atoms with Gasteiger partial charge in [0.2, 0.25) is 0 Å². The Morgan fingerprint density at radius 2 is 0.810 bits per heavy atom. The lowest BCUT2D eigenvalue weighted by atomic mass is 10.1. The van der Waals surface area contributed by atoms with Crippen LogP contribution in [0.1, 0.15) is 0 Å². The molecule has 0 unspecified atom stereocenters. The number of nitriles is 1. The van der Waals surface area contributed by atoms with Crippen molar-refractivity contribution in [1.82, 2.24) is 4.48 Å². The lowest BCUT2D eigenvalue weighted by Gasteiger charge is -2.28. The third-order valence-corrected chi connectivity index (χ3v) is 3.58. The molecule has 0 aliphatic heterocycles. The van der Waals surface area contributed by atoms with E-state index >= 15 is 0 Å². The molecule has 0 aromatic heterocycles. The Balaban J connectivity index is 2.32. The normalized spacial score (nSPS) is 10.8. The molecule has 0 atom stereocenters. The summed E-state index contributed by atoms with van der Waals surface area (Å²) < 4.78 is 0.0442. The Kier molecular flexibility index (Phi) is 3.51. The summed E-state index contributed by atoms with van der Waals surface area (Å²) in [4.78, 5) is 0. The molecule has 0 saturated carbocycles. The van der Waals surface area contributed by atoms with Crippen LogP contribution in [-0.2, 0) is 0 Å². The highest BCUT2D eigenvalue weighted by Gasteiger charge is 2.37. The van der Waals surface area contributed by atoms with Crippen molar-refractivity contribution in [2.75, 3.05) is 0 Å². The van der Waals surface area contributed by atoms with Crippen molar-refractivity contribution in [1.29, 1.82) is 5.26 Å². The zero-order valence-corrected chi connectivity index (χ0v) is 11.6. The van der Waals surface area contributed by atoms with E-state index in [-0.39, 0.29) is 4.48 Å². The number of benzene rings is 3. The Morgan fingerprint density at radius 3 is 1.05 bits per heavy atom. The van der Waals surface area contributed by atoms with Crippen LogP contribution in [-0.4, -0.2) is 0 Å². The summed E-state index contributed by atoms with van der Waals surface area (Å²) in [5.41, 5.74) is 2.78. The van der Waals surface area contributed by atoms with Gasteiger partial charge in [-0.25, -0.2) is 0 Å². The van der Waals surface area contributed by atoms with E-state index in [0.717, 1.165) is 17.1 Å². The van der Waals surface area contributed by atoms with E-state index < -0.39 is 0 Å². The minimum absolute atomic E-state index is 0.0442. The first-order chi connectivity index (χ1) is 10.4. The molecule has 3 aromatic carbocycles. The maximum atomic E-state index is 10.1. The van der Waals surface area contributed by atoms with Crippen molar-refractivity contribution in [3.05, 3.63) is 91.0 Å². The van der Waals surface area contributed by atoms with Crippen LogP contribution >= 0.6 is 0 Å². The summed E-state index contributed by atoms with van der Waals surface area (Å²) in [5, 5.41) is 10.1. The van der Waals surface area contributed by atoms with E-state index in [1.54, 1.807) is 0 Å². The van der Waals surface area contributed by atoms with Gasteiger partial charge in [-0.3, -0.25) is 0 Å². The van der Waals surface area contributed by atoms with Gasteiger partial charge in [0.1, 0.15) is 0 Å². The van der Waals surface area contributed by atoms with Crippen LogP contribution in [0.2, 0.25) is 0 Å². The van der Waals surface area contributed by atoms with Gasteiger partial charge >= 0.3 is 6.19 Å². The minimum atomic E-state index is 0.0442. The molecule has 0 radical (unpaired) electrons.